The summed E-state index contributed by atoms with van der Waals surface area (Å²) in [5, 5.41) is 9.82. The van der Waals surface area contributed by atoms with Gasteiger partial charge < -0.3 is 5.11 Å². The summed E-state index contributed by atoms with van der Waals surface area (Å²) in [7, 11) is 2.22. The summed E-state index contributed by atoms with van der Waals surface area (Å²) in [6.45, 7) is 9.55. The maximum Gasteiger partial charge on any atom is 0.0499 e. The van der Waals surface area contributed by atoms with E-state index < -0.39 is 0 Å². The lowest BCUT2D eigenvalue weighted by Crippen LogP contribution is -2.59. The van der Waals surface area contributed by atoms with Crippen LogP contribution in [0.25, 0.3) is 0 Å². The smallest absolute Gasteiger partial charge is 0.0499 e. The first-order valence-corrected chi connectivity index (χ1v) is 7.52. The van der Waals surface area contributed by atoms with E-state index in [1.54, 1.807) is 0 Å². The van der Waals surface area contributed by atoms with Gasteiger partial charge in [-0.05, 0) is 33.7 Å². The van der Waals surface area contributed by atoms with E-state index in [-0.39, 0.29) is 11.0 Å². The molecule has 1 saturated carbocycles. The third-order valence-electron chi connectivity index (χ3n) is 5.20. The Bertz CT molecular complexity index is 272. The Hall–Kier alpha value is -0.120. The van der Waals surface area contributed by atoms with Gasteiger partial charge in [0.2, 0.25) is 0 Å². The van der Waals surface area contributed by atoms with E-state index in [0.717, 1.165) is 26.2 Å². The molecule has 0 spiro atoms. The number of piperazine rings is 1. The highest BCUT2D eigenvalue weighted by Crippen LogP contribution is 2.37. The van der Waals surface area contributed by atoms with Gasteiger partial charge in [0, 0.05) is 43.7 Å². The molecule has 18 heavy (non-hydrogen) atoms. The van der Waals surface area contributed by atoms with Gasteiger partial charge in [-0.1, -0.05) is 19.3 Å². The molecule has 1 aliphatic carbocycles. The normalized spacial score (nSPS) is 29.3. The van der Waals surface area contributed by atoms with Crippen molar-refractivity contribution in [2.75, 3.05) is 39.8 Å². The Morgan fingerprint density at radius 1 is 1.06 bits per heavy atom. The average molecular weight is 254 g/mol. The molecule has 3 nitrogen and oxygen atoms in total. The van der Waals surface area contributed by atoms with Crippen LogP contribution in [0.2, 0.25) is 0 Å². The lowest BCUT2D eigenvalue weighted by molar-refractivity contribution is -0.0127. The third kappa shape index (κ3) is 3.06. The van der Waals surface area contributed by atoms with Gasteiger partial charge >= 0.3 is 0 Å². The van der Waals surface area contributed by atoms with Crippen molar-refractivity contribution in [3.63, 3.8) is 0 Å². The third-order valence-corrected chi connectivity index (χ3v) is 5.20. The fourth-order valence-electron chi connectivity index (χ4n) is 3.62. The van der Waals surface area contributed by atoms with Crippen molar-refractivity contribution >= 4 is 0 Å². The van der Waals surface area contributed by atoms with Crippen LogP contribution in [-0.4, -0.2) is 60.3 Å². The zero-order valence-electron chi connectivity index (χ0n) is 12.4. The van der Waals surface area contributed by atoms with Crippen LogP contribution in [0.4, 0.5) is 0 Å². The molecule has 0 aromatic heterocycles. The maximum absolute atomic E-state index is 9.82. The van der Waals surface area contributed by atoms with Crippen molar-refractivity contribution in [3.8, 4) is 0 Å². The molecule has 2 aliphatic rings. The van der Waals surface area contributed by atoms with Crippen LogP contribution in [0.1, 0.15) is 46.0 Å². The van der Waals surface area contributed by atoms with Gasteiger partial charge in [-0.2, -0.15) is 0 Å². The van der Waals surface area contributed by atoms with E-state index in [9.17, 15) is 5.11 Å². The molecule has 0 aromatic carbocycles. The van der Waals surface area contributed by atoms with E-state index >= 15 is 0 Å². The molecule has 0 unspecified atom stereocenters. The molecular weight excluding hydrogens is 224 g/mol. The van der Waals surface area contributed by atoms with Crippen molar-refractivity contribution in [1.29, 1.82) is 0 Å². The highest BCUT2D eigenvalue weighted by molar-refractivity contribution is 4.92. The van der Waals surface area contributed by atoms with E-state index in [2.05, 4.69) is 30.7 Å². The van der Waals surface area contributed by atoms with Crippen LogP contribution in [0.5, 0.6) is 0 Å². The van der Waals surface area contributed by atoms with Crippen LogP contribution in [-0.2, 0) is 0 Å². The van der Waals surface area contributed by atoms with Crippen LogP contribution < -0.4 is 0 Å². The second kappa shape index (κ2) is 5.48. The van der Waals surface area contributed by atoms with Crippen LogP contribution in [0.15, 0.2) is 0 Å². The Kier molecular flexibility index (Phi) is 4.35. The average Bonchev–Trinajstić information content (AvgIpc) is 2.35. The molecule has 106 valence electrons. The molecule has 1 heterocycles. The first kappa shape index (κ1) is 14.3. The van der Waals surface area contributed by atoms with Gasteiger partial charge in [0.1, 0.15) is 0 Å². The predicted molar refractivity (Wildman–Crippen MR) is 75.8 cm³/mol. The van der Waals surface area contributed by atoms with E-state index in [1.807, 2.05) is 0 Å². The summed E-state index contributed by atoms with van der Waals surface area (Å²) < 4.78 is 0. The highest BCUT2D eigenvalue weighted by atomic mass is 16.3. The number of aliphatic hydroxyl groups excluding tert-OH is 1. The van der Waals surface area contributed by atoms with E-state index in [0.29, 0.717) is 6.61 Å². The van der Waals surface area contributed by atoms with Gasteiger partial charge in [-0.15, -0.1) is 0 Å². The van der Waals surface area contributed by atoms with Crippen molar-refractivity contribution in [2.24, 2.45) is 5.41 Å². The minimum atomic E-state index is 0.199. The summed E-state index contributed by atoms with van der Waals surface area (Å²) in [4.78, 5) is 5.04. The van der Waals surface area contributed by atoms with Crippen molar-refractivity contribution in [1.82, 2.24) is 9.80 Å². The highest BCUT2D eigenvalue weighted by Gasteiger charge is 2.37. The molecule has 2 rings (SSSR count). The van der Waals surface area contributed by atoms with Crippen molar-refractivity contribution in [3.05, 3.63) is 0 Å². The van der Waals surface area contributed by atoms with Crippen LogP contribution >= 0.6 is 0 Å². The van der Waals surface area contributed by atoms with Crippen molar-refractivity contribution in [2.45, 2.75) is 51.5 Å². The Morgan fingerprint density at radius 2 is 1.72 bits per heavy atom. The van der Waals surface area contributed by atoms with Crippen LogP contribution in [0.3, 0.4) is 0 Å². The zero-order chi connectivity index (χ0) is 13.2. The molecule has 1 aliphatic heterocycles. The van der Waals surface area contributed by atoms with E-state index in [4.69, 9.17) is 0 Å². The number of likely N-dealkylation sites (N-methyl/N-ethyl adjacent to an activating group) is 1. The standard InChI is InChI=1S/C15H30N2O/c1-14(2)11-17(10-9-16(14)3)12-15(13-18)7-5-4-6-8-15/h18H,4-13H2,1-3H3. The SMILES string of the molecule is CN1CCN(CC2(CO)CCCCC2)CC1(C)C. The lowest BCUT2D eigenvalue weighted by atomic mass is 9.74. The second-order valence-electron chi connectivity index (χ2n) is 7.16. The summed E-state index contributed by atoms with van der Waals surface area (Å²) in [6, 6.07) is 0. The molecule has 0 atom stereocenters. The minimum Gasteiger partial charge on any atom is -0.396 e. The maximum atomic E-state index is 9.82. The van der Waals surface area contributed by atoms with Gasteiger partial charge in [0.25, 0.3) is 0 Å². The number of nitrogens with zero attached hydrogens (tertiary/aromatic N) is 2. The molecule has 3 heteroatoms. The Morgan fingerprint density at radius 3 is 2.28 bits per heavy atom. The molecule has 0 radical (unpaired) electrons. The second-order valence-corrected chi connectivity index (χ2v) is 7.16. The number of aliphatic hydroxyl groups is 1. The molecule has 2 fully saturated rings. The summed E-state index contributed by atoms with van der Waals surface area (Å²) in [6.07, 6.45) is 6.40. The van der Waals surface area contributed by atoms with Gasteiger partial charge in [0.15, 0.2) is 0 Å². The van der Waals surface area contributed by atoms with Gasteiger partial charge in [0.05, 0.1) is 0 Å². The first-order chi connectivity index (χ1) is 8.47. The summed E-state index contributed by atoms with van der Waals surface area (Å²) in [5.41, 5.74) is 0.466. The Balaban J connectivity index is 1.96. The number of rotatable bonds is 3. The van der Waals surface area contributed by atoms with Gasteiger partial charge in [-0.3, -0.25) is 9.80 Å². The van der Waals surface area contributed by atoms with Gasteiger partial charge in [-0.25, -0.2) is 0 Å². The summed E-state index contributed by atoms with van der Waals surface area (Å²) in [5.74, 6) is 0. The molecule has 0 bridgehead atoms. The topological polar surface area (TPSA) is 26.7 Å². The first-order valence-electron chi connectivity index (χ1n) is 7.52. The minimum absolute atomic E-state index is 0.199. The fourth-order valence-corrected chi connectivity index (χ4v) is 3.62. The largest absolute Gasteiger partial charge is 0.396 e. The van der Waals surface area contributed by atoms with Crippen molar-refractivity contribution < 1.29 is 5.11 Å². The molecule has 0 amide bonds. The van der Waals surface area contributed by atoms with Crippen LogP contribution in [0, 0.1) is 5.41 Å². The zero-order valence-corrected chi connectivity index (χ0v) is 12.4. The predicted octanol–water partition coefficient (Wildman–Crippen LogP) is 1.96. The summed E-state index contributed by atoms with van der Waals surface area (Å²) >= 11 is 0. The molecular formula is C15H30N2O. The van der Waals surface area contributed by atoms with E-state index in [1.165, 1.54) is 32.1 Å². The number of hydrogen-bond acceptors (Lipinski definition) is 3. The quantitative estimate of drug-likeness (QED) is 0.834. The molecule has 1 N–H and O–H groups in total. The monoisotopic (exact) mass is 254 g/mol. The fraction of sp³-hybridized carbons (Fsp3) is 1.00. The number of hydrogen-bond donors (Lipinski definition) is 1. The lowest BCUT2D eigenvalue weighted by Gasteiger charge is -2.48. The molecule has 1 saturated heterocycles. The Labute approximate surface area is 112 Å². The molecule has 0 aromatic rings.